The molecule has 0 saturated carbocycles. The largest absolute Gasteiger partial charge is 0.569 e. The zero-order chi connectivity index (χ0) is 18.7. The molecule has 0 bridgehead atoms. The minimum atomic E-state index is -0.319. The fourth-order valence-electron chi connectivity index (χ4n) is 5.21. The molecule has 0 heterocycles. The fraction of sp³-hybridized carbons (Fsp3) is 0.0400. The molecule has 0 aliphatic heterocycles. The molecular formula is C25H16BO2. The van der Waals surface area contributed by atoms with Gasteiger partial charge in [-0.05, 0) is 56.6 Å². The highest BCUT2D eigenvalue weighted by Crippen LogP contribution is 2.62. The number of fused-ring (bicyclic) bond motifs is 10. The van der Waals surface area contributed by atoms with Gasteiger partial charge in [-0.2, -0.15) is 0 Å². The average Bonchev–Trinajstić information content (AvgIpc) is 3.21. The molecule has 0 aromatic heterocycles. The molecule has 2 aliphatic carbocycles. The second kappa shape index (κ2) is 5.60. The van der Waals surface area contributed by atoms with Gasteiger partial charge in [-0.3, -0.25) is 0 Å². The molecule has 4 aromatic rings. The van der Waals surface area contributed by atoms with E-state index in [0.717, 1.165) is 13.2 Å². The van der Waals surface area contributed by atoms with Crippen LogP contribution in [0.2, 0.25) is 0 Å². The third-order valence-electron chi connectivity index (χ3n) is 6.16. The lowest BCUT2D eigenvalue weighted by Crippen LogP contribution is -2.25. The third kappa shape index (κ3) is 1.77. The zero-order valence-corrected chi connectivity index (χ0v) is 15.1. The second-order valence-corrected chi connectivity index (χ2v) is 7.32. The maximum atomic E-state index is 9.08. The summed E-state index contributed by atoms with van der Waals surface area (Å²) in [5.41, 5.74) is 9.85. The summed E-state index contributed by atoms with van der Waals surface area (Å²) in [4.78, 5) is 0. The van der Waals surface area contributed by atoms with Gasteiger partial charge in [0, 0.05) is 0 Å². The SMILES string of the molecule is O[B]Oc1ccc2c(c1)-c1ccccc1C21c2ccccc2-c2ccccc21. The second-order valence-electron chi connectivity index (χ2n) is 7.32. The van der Waals surface area contributed by atoms with E-state index in [1.807, 2.05) is 12.1 Å². The first-order chi connectivity index (χ1) is 13.9. The Hall–Kier alpha value is -3.30. The number of hydrogen-bond donors (Lipinski definition) is 1. The van der Waals surface area contributed by atoms with E-state index in [4.69, 9.17) is 9.68 Å². The molecule has 131 valence electrons. The van der Waals surface area contributed by atoms with E-state index in [9.17, 15) is 0 Å². The van der Waals surface area contributed by atoms with Gasteiger partial charge in [0.2, 0.25) is 0 Å². The van der Waals surface area contributed by atoms with Gasteiger partial charge in [-0.25, -0.2) is 0 Å². The summed E-state index contributed by atoms with van der Waals surface area (Å²) in [6.07, 6.45) is 0. The zero-order valence-electron chi connectivity index (χ0n) is 15.1. The highest BCUT2D eigenvalue weighted by Gasteiger charge is 2.51. The Morgan fingerprint density at radius 3 is 1.57 bits per heavy atom. The van der Waals surface area contributed by atoms with Crippen LogP contribution in [0.4, 0.5) is 0 Å². The summed E-state index contributed by atoms with van der Waals surface area (Å²) in [5, 5.41) is 9.08. The summed E-state index contributed by atoms with van der Waals surface area (Å²) in [7, 11) is 0.735. The van der Waals surface area contributed by atoms with Gasteiger partial charge in [-0.1, -0.05) is 78.9 Å². The first-order valence-corrected chi connectivity index (χ1v) is 9.42. The molecule has 0 fully saturated rings. The van der Waals surface area contributed by atoms with Crippen molar-refractivity contribution in [2.45, 2.75) is 5.41 Å². The summed E-state index contributed by atoms with van der Waals surface area (Å²) in [6, 6.07) is 32.2. The van der Waals surface area contributed by atoms with Gasteiger partial charge in [0.05, 0.1) is 5.41 Å². The van der Waals surface area contributed by atoms with E-state index in [1.165, 1.54) is 38.9 Å². The van der Waals surface area contributed by atoms with Crippen LogP contribution in [0.3, 0.4) is 0 Å². The molecule has 1 spiro atoms. The molecular weight excluding hydrogens is 343 g/mol. The monoisotopic (exact) mass is 359 g/mol. The van der Waals surface area contributed by atoms with Gasteiger partial charge in [0.25, 0.3) is 0 Å². The summed E-state index contributed by atoms with van der Waals surface area (Å²) >= 11 is 0. The van der Waals surface area contributed by atoms with Gasteiger partial charge in [-0.15, -0.1) is 0 Å². The van der Waals surface area contributed by atoms with E-state index in [-0.39, 0.29) is 5.41 Å². The molecule has 2 aliphatic rings. The maximum absolute atomic E-state index is 9.08. The lowest BCUT2D eigenvalue weighted by Gasteiger charge is -2.30. The van der Waals surface area contributed by atoms with Crippen LogP contribution in [-0.2, 0) is 5.41 Å². The molecule has 0 amide bonds. The van der Waals surface area contributed by atoms with Crippen LogP contribution in [0, 0.1) is 0 Å². The third-order valence-corrected chi connectivity index (χ3v) is 6.16. The van der Waals surface area contributed by atoms with Crippen molar-refractivity contribution in [3.63, 3.8) is 0 Å². The van der Waals surface area contributed by atoms with E-state index >= 15 is 0 Å². The lowest BCUT2D eigenvalue weighted by atomic mass is 9.70. The molecule has 0 atom stereocenters. The summed E-state index contributed by atoms with van der Waals surface area (Å²) in [6.45, 7) is 0. The van der Waals surface area contributed by atoms with Crippen molar-refractivity contribution in [3.8, 4) is 28.0 Å². The Bertz CT molecular complexity index is 1200. The average molecular weight is 359 g/mol. The highest BCUT2D eigenvalue weighted by molar-refractivity contribution is 6.17. The predicted octanol–water partition coefficient (Wildman–Crippen LogP) is 4.94. The smallest absolute Gasteiger partial charge is 0.537 e. The summed E-state index contributed by atoms with van der Waals surface area (Å²) < 4.78 is 5.27. The first-order valence-electron chi connectivity index (χ1n) is 9.42. The van der Waals surface area contributed by atoms with E-state index < -0.39 is 0 Å². The number of hydrogen-bond acceptors (Lipinski definition) is 2. The van der Waals surface area contributed by atoms with Gasteiger partial charge in [0.1, 0.15) is 5.75 Å². The van der Waals surface area contributed by atoms with Crippen molar-refractivity contribution in [2.75, 3.05) is 0 Å². The van der Waals surface area contributed by atoms with Crippen LogP contribution in [0.25, 0.3) is 22.3 Å². The van der Waals surface area contributed by atoms with Crippen LogP contribution in [0.15, 0.2) is 91.0 Å². The molecule has 1 radical (unpaired) electrons. The molecule has 4 aromatic carbocycles. The Balaban J connectivity index is 1.78. The molecule has 2 nitrogen and oxygen atoms in total. The predicted molar refractivity (Wildman–Crippen MR) is 111 cm³/mol. The Morgan fingerprint density at radius 1 is 0.571 bits per heavy atom. The van der Waals surface area contributed by atoms with E-state index in [1.54, 1.807) is 0 Å². The fourth-order valence-corrected chi connectivity index (χ4v) is 5.21. The van der Waals surface area contributed by atoms with Gasteiger partial charge >= 0.3 is 7.69 Å². The molecule has 0 unspecified atom stereocenters. The van der Waals surface area contributed by atoms with Crippen molar-refractivity contribution in [1.82, 2.24) is 0 Å². The van der Waals surface area contributed by atoms with E-state index in [2.05, 4.69) is 78.9 Å². The molecule has 1 N–H and O–H groups in total. The molecule has 0 saturated heterocycles. The van der Waals surface area contributed by atoms with Crippen molar-refractivity contribution < 1.29 is 9.68 Å². The van der Waals surface area contributed by atoms with Crippen LogP contribution in [0.1, 0.15) is 22.3 Å². The number of benzene rings is 4. The topological polar surface area (TPSA) is 29.5 Å². The van der Waals surface area contributed by atoms with Gasteiger partial charge < -0.3 is 9.68 Å². The molecule has 3 heteroatoms. The van der Waals surface area contributed by atoms with Gasteiger partial charge in [0.15, 0.2) is 0 Å². The minimum absolute atomic E-state index is 0.319. The van der Waals surface area contributed by atoms with E-state index in [0.29, 0.717) is 5.75 Å². The Kier molecular flexibility index (Phi) is 3.15. The molecule has 28 heavy (non-hydrogen) atoms. The van der Waals surface area contributed by atoms with Crippen LogP contribution >= 0.6 is 0 Å². The summed E-state index contributed by atoms with van der Waals surface area (Å²) in [5.74, 6) is 0.632. The Labute approximate surface area is 164 Å². The standard InChI is InChI=1S/C25H16BO2/c27-26-28-16-13-14-24-20(15-16)19-9-3-6-12-23(19)25(24)21-10-4-1-7-17(21)18-8-2-5-11-22(18)25/h1-15,27H. The minimum Gasteiger partial charge on any atom is -0.537 e. The van der Waals surface area contributed by atoms with Crippen molar-refractivity contribution in [3.05, 3.63) is 113 Å². The lowest BCUT2D eigenvalue weighted by molar-refractivity contribution is 0.454. The van der Waals surface area contributed by atoms with Crippen molar-refractivity contribution in [2.24, 2.45) is 0 Å². The normalized spacial score (nSPS) is 14.2. The quantitative estimate of drug-likeness (QED) is 0.444. The highest BCUT2D eigenvalue weighted by atomic mass is 16.5. The van der Waals surface area contributed by atoms with Crippen molar-refractivity contribution in [1.29, 1.82) is 0 Å². The first kappa shape index (κ1) is 15.7. The van der Waals surface area contributed by atoms with Crippen LogP contribution in [0.5, 0.6) is 5.75 Å². The molecule has 6 rings (SSSR count). The maximum Gasteiger partial charge on any atom is 0.569 e. The number of rotatable bonds is 2. The van der Waals surface area contributed by atoms with Crippen molar-refractivity contribution >= 4 is 7.69 Å². The van der Waals surface area contributed by atoms with Crippen LogP contribution < -0.4 is 4.65 Å². The Morgan fingerprint density at radius 2 is 1.04 bits per heavy atom. The van der Waals surface area contributed by atoms with Crippen LogP contribution in [-0.4, -0.2) is 12.7 Å².